The molecule has 1 heterocycles. The van der Waals surface area contributed by atoms with E-state index in [-0.39, 0.29) is 18.3 Å². The number of amides is 1. The molecule has 0 saturated carbocycles. The first-order valence-electron chi connectivity index (χ1n) is 7.90. The van der Waals surface area contributed by atoms with Gasteiger partial charge in [-0.05, 0) is 43.5 Å². The number of nitrogens with one attached hydrogen (secondary N) is 2. The van der Waals surface area contributed by atoms with Crippen molar-refractivity contribution in [3.8, 4) is 0 Å². The summed E-state index contributed by atoms with van der Waals surface area (Å²) in [4.78, 5) is 14.6. The van der Waals surface area contributed by atoms with Gasteiger partial charge in [-0.25, -0.2) is 0 Å². The molecule has 1 aliphatic rings. The van der Waals surface area contributed by atoms with E-state index in [2.05, 4.69) is 54.5 Å². The van der Waals surface area contributed by atoms with Crippen molar-refractivity contribution in [2.75, 3.05) is 38.0 Å². The summed E-state index contributed by atoms with van der Waals surface area (Å²) >= 11 is 0. The Morgan fingerprint density at radius 3 is 2.82 bits per heavy atom. The molecule has 124 valence electrons. The molecule has 4 nitrogen and oxygen atoms in total. The van der Waals surface area contributed by atoms with Crippen molar-refractivity contribution in [1.82, 2.24) is 10.2 Å². The number of halogens is 1. The molecule has 2 rings (SSSR count). The van der Waals surface area contributed by atoms with Crippen LogP contribution in [0.15, 0.2) is 18.2 Å². The maximum Gasteiger partial charge on any atom is 0.238 e. The van der Waals surface area contributed by atoms with E-state index in [1.54, 1.807) is 0 Å². The Morgan fingerprint density at radius 2 is 2.09 bits per heavy atom. The highest BCUT2D eigenvalue weighted by Crippen LogP contribution is 2.27. The average molecular weight is 326 g/mol. The summed E-state index contributed by atoms with van der Waals surface area (Å²) in [6.07, 6.45) is 1.11. The van der Waals surface area contributed by atoms with Crippen molar-refractivity contribution in [3.05, 3.63) is 29.3 Å². The Balaban J connectivity index is 0.00000242. The van der Waals surface area contributed by atoms with Crippen molar-refractivity contribution in [2.24, 2.45) is 0 Å². The lowest BCUT2D eigenvalue weighted by Crippen LogP contribution is -2.36. The van der Waals surface area contributed by atoms with Gasteiger partial charge in [0.15, 0.2) is 0 Å². The molecule has 0 radical (unpaired) electrons. The van der Waals surface area contributed by atoms with Crippen LogP contribution in [0.25, 0.3) is 0 Å². The molecule has 1 aromatic carbocycles. The molecule has 2 N–H and O–H groups in total. The number of anilines is 1. The first kappa shape index (κ1) is 18.9. The minimum Gasteiger partial charge on any atom is -0.324 e. The van der Waals surface area contributed by atoms with Crippen LogP contribution in [0.5, 0.6) is 0 Å². The molecule has 1 saturated heterocycles. The SMILES string of the molecule is Cc1cccc(C(C)C)c1NC(=O)CN1CCCNCC1.Cl. The fourth-order valence-electron chi connectivity index (χ4n) is 2.78. The number of para-hydroxylation sites is 1. The van der Waals surface area contributed by atoms with Gasteiger partial charge in [0, 0.05) is 18.8 Å². The van der Waals surface area contributed by atoms with Gasteiger partial charge in [-0.2, -0.15) is 0 Å². The van der Waals surface area contributed by atoms with Gasteiger partial charge in [-0.3, -0.25) is 9.69 Å². The Kier molecular flexibility index (Phi) is 7.87. The van der Waals surface area contributed by atoms with Crippen LogP contribution in [0.2, 0.25) is 0 Å². The van der Waals surface area contributed by atoms with E-state index >= 15 is 0 Å². The molecule has 1 aromatic rings. The number of carbonyl (C=O) groups is 1. The summed E-state index contributed by atoms with van der Waals surface area (Å²) in [6.45, 7) is 10.8. The lowest BCUT2D eigenvalue weighted by molar-refractivity contribution is -0.117. The second-order valence-electron chi connectivity index (χ2n) is 6.12. The van der Waals surface area contributed by atoms with E-state index in [1.165, 1.54) is 5.56 Å². The van der Waals surface area contributed by atoms with Gasteiger partial charge in [0.05, 0.1) is 6.54 Å². The molecular formula is C17H28ClN3O. The third-order valence-corrected chi connectivity index (χ3v) is 3.99. The van der Waals surface area contributed by atoms with Crippen LogP contribution in [-0.4, -0.2) is 43.5 Å². The predicted octanol–water partition coefficient (Wildman–Crippen LogP) is 2.77. The number of hydrogen-bond donors (Lipinski definition) is 2. The fourth-order valence-corrected chi connectivity index (χ4v) is 2.78. The molecular weight excluding hydrogens is 298 g/mol. The number of nitrogens with zero attached hydrogens (tertiary/aromatic N) is 1. The molecule has 0 spiro atoms. The highest BCUT2D eigenvalue weighted by Gasteiger charge is 2.15. The summed E-state index contributed by atoms with van der Waals surface area (Å²) in [7, 11) is 0. The van der Waals surface area contributed by atoms with Gasteiger partial charge in [-0.15, -0.1) is 12.4 Å². The minimum absolute atomic E-state index is 0. The first-order valence-corrected chi connectivity index (χ1v) is 7.90. The lowest BCUT2D eigenvalue weighted by Gasteiger charge is -2.21. The highest BCUT2D eigenvalue weighted by molar-refractivity contribution is 5.93. The van der Waals surface area contributed by atoms with Crippen LogP contribution in [0.4, 0.5) is 5.69 Å². The van der Waals surface area contributed by atoms with Crippen LogP contribution < -0.4 is 10.6 Å². The lowest BCUT2D eigenvalue weighted by atomic mass is 9.98. The molecule has 1 fully saturated rings. The van der Waals surface area contributed by atoms with Crippen LogP contribution in [0.1, 0.15) is 37.3 Å². The zero-order valence-electron chi connectivity index (χ0n) is 13.8. The van der Waals surface area contributed by atoms with E-state index in [1.807, 2.05) is 0 Å². The van der Waals surface area contributed by atoms with E-state index in [0.717, 1.165) is 43.9 Å². The second-order valence-corrected chi connectivity index (χ2v) is 6.12. The third kappa shape index (κ3) is 5.27. The number of aryl methyl sites for hydroxylation is 1. The highest BCUT2D eigenvalue weighted by atomic mass is 35.5. The Bertz CT molecular complexity index is 483. The quantitative estimate of drug-likeness (QED) is 0.894. The molecule has 0 bridgehead atoms. The maximum atomic E-state index is 12.3. The number of rotatable bonds is 4. The fraction of sp³-hybridized carbons (Fsp3) is 0.588. The molecule has 1 aliphatic heterocycles. The van der Waals surface area contributed by atoms with Gasteiger partial charge in [0.25, 0.3) is 0 Å². The van der Waals surface area contributed by atoms with Gasteiger partial charge in [0.2, 0.25) is 5.91 Å². The van der Waals surface area contributed by atoms with E-state index in [4.69, 9.17) is 0 Å². The van der Waals surface area contributed by atoms with Crippen LogP contribution in [0, 0.1) is 6.92 Å². The molecule has 0 aromatic heterocycles. The van der Waals surface area contributed by atoms with E-state index in [0.29, 0.717) is 12.5 Å². The van der Waals surface area contributed by atoms with Gasteiger partial charge in [-0.1, -0.05) is 32.0 Å². The van der Waals surface area contributed by atoms with Gasteiger partial charge >= 0.3 is 0 Å². The van der Waals surface area contributed by atoms with Crippen LogP contribution in [0.3, 0.4) is 0 Å². The van der Waals surface area contributed by atoms with E-state index < -0.39 is 0 Å². The van der Waals surface area contributed by atoms with Crippen molar-refractivity contribution < 1.29 is 4.79 Å². The summed E-state index contributed by atoms with van der Waals surface area (Å²) in [6, 6.07) is 6.21. The molecule has 22 heavy (non-hydrogen) atoms. The van der Waals surface area contributed by atoms with Crippen molar-refractivity contribution >= 4 is 24.0 Å². The van der Waals surface area contributed by atoms with Crippen molar-refractivity contribution in [1.29, 1.82) is 0 Å². The number of carbonyl (C=O) groups excluding carboxylic acids is 1. The van der Waals surface area contributed by atoms with Gasteiger partial charge in [0.1, 0.15) is 0 Å². The van der Waals surface area contributed by atoms with Gasteiger partial charge < -0.3 is 10.6 Å². The first-order chi connectivity index (χ1) is 10.1. The normalized spacial score (nSPS) is 16.0. The van der Waals surface area contributed by atoms with Crippen LogP contribution in [-0.2, 0) is 4.79 Å². The average Bonchev–Trinajstić information content (AvgIpc) is 2.69. The molecule has 1 amide bonds. The standard InChI is InChI=1S/C17H27N3O.ClH/c1-13(2)15-7-4-6-14(3)17(15)19-16(21)12-20-10-5-8-18-9-11-20;/h4,6-7,13,18H,5,8-12H2,1-3H3,(H,19,21);1H. The largest absolute Gasteiger partial charge is 0.324 e. The topological polar surface area (TPSA) is 44.4 Å². The zero-order valence-corrected chi connectivity index (χ0v) is 14.6. The minimum atomic E-state index is 0. The summed E-state index contributed by atoms with van der Waals surface area (Å²) in [5.41, 5.74) is 3.33. The molecule has 0 aliphatic carbocycles. The maximum absolute atomic E-state index is 12.3. The Labute approximate surface area is 140 Å². The van der Waals surface area contributed by atoms with Crippen LogP contribution >= 0.6 is 12.4 Å². The summed E-state index contributed by atoms with van der Waals surface area (Å²) in [5.74, 6) is 0.496. The summed E-state index contributed by atoms with van der Waals surface area (Å²) < 4.78 is 0. The van der Waals surface area contributed by atoms with Crippen molar-refractivity contribution in [3.63, 3.8) is 0 Å². The monoisotopic (exact) mass is 325 g/mol. The third-order valence-electron chi connectivity index (χ3n) is 3.99. The van der Waals surface area contributed by atoms with E-state index in [9.17, 15) is 4.79 Å². The summed E-state index contributed by atoms with van der Waals surface area (Å²) in [5, 5.41) is 6.49. The van der Waals surface area contributed by atoms with Crippen molar-refractivity contribution in [2.45, 2.75) is 33.1 Å². The predicted molar refractivity (Wildman–Crippen MR) is 95.1 cm³/mol. The molecule has 0 unspecified atom stereocenters. The second kappa shape index (κ2) is 9.13. The smallest absolute Gasteiger partial charge is 0.238 e. The zero-order chi connectivity index (χ0) is 15.2. The Hall–Kier alpha value is -1.10. The Morgan fingerprint density at radius 1 is 1.32 bits per heavy atom. The number of benzene rings is 1. The molecule has 0 atom stereocenters. The molecule has 5 heteroatoms. The number of hydrogen-bond acceptors (Lipinski definition) is 3.